The smallest absolute Gasteiger partial charge is 0.303 e. The van der Waals surface area contributed by atoms with Crippen molar-refractivity contribution in [2.45, 2.75) is 135 Å². The quantitative estimate of drug-likeness (QED) is 0.159. The molecular formula is C23H49NO3. The highest BCUT2D eigenvalue weighted by atomic mass is 16.4. The summed E-state index contributed by atoms with van der Waals surface area (Å²) in [6.07, 6.45) is 26.1. The first kappa shape index (κ1) is 28.6. The van der Waals surface area contributed by atoms with Crippen molar-refractivity contribution in [1.29, 1.82) is 0 Å². The van der Waals surface area contributed by atoms with Crippen LogP contribution in [-0.4, -0.2) is 22.9 Å². The third kappa shape index (κ3) is 33.4. The Morgan fingerprint density at radius 2 is 0.815 bits per heavy atom. The first-order valence-electron chi connectivity index (χ1n) is 11.7. The summed E-state index contributed by atoms with van der Waals surface area (Å²) >= 11 is 0. The average Bonchev–Trinajstić information content (AvgIpc) is 2.64. The lowest BCUT2D eigenvalue weighted by Crippen LogP contribution is -1.93. The maximum Gasteiger partial charge on any atom is 0.303 e. The topological polar surface area (TPSA) is 83.5 Å². The van der Waals surface area contributed by atoms with Crippen LogP contribution in [0.1, 0.15) is 135 Å². The molecule has 0 bridgehead atoms. The Morgan fingerprint density at radius 1 is 0.593 bits per heavy atom. The van der Waals surface area contributed by atoms with E-state index in [9.17, 15) is 4.79 Å². The molecule has 0 radical (unpaired) electrons. The van der Waals surface area contributed by atoms with Crippen LogP contribution >= 0.6 is 0 Å². The van der Waals surface area contributed by atoms with E-state index in [1.165, 1.54) is 109 Å². The van der Waals surface area contributed by atoms with Gasteiger partial charge in [-0.05, 0) is 6.42 Å². The molecule has 0 spiro atoms. The van der Waals surface area contributed by atoms with Crippen molar-refractivity contribution in [3.63, 3.8) is 0 Å². The van der Waals surface area contributed by atoms with Gasteiger partial charge in [0.1, 0.15) is 0 Å². The summed E-state index contributed by atoms with van der Waals surface area (Å²) < 4.78 is 0. The second-order valence-corrected chi connectivity index (χ2v) is 7.69. The van der Waals surface area contributed by atoms with Crippen LogP contribution in [-0.2, 0) is 4.79 Å². The standard InChI is InChI=1S/C22H44O2.CH5NO/c1-2-3-4-5-6-7-8-9-10-11-12-13-14-15-16-17-18-19-20-21-22(23)24;2-1-3/h2-21H2,1H3,(H,23,24);3H,1-2H2. The van der Waals surface area contributed by atoms with E-state index in [2.05, 4.69) is 12.7 Å². The molecule has 0 unspecified atom stereocenters. The van der Waals surface area contributed by atoms with E-state index in [1.54, 1.807) is 0 Å². The van der Waals surface area contributed by atoms with Crippen LogP contribution in [0.2, 0.25) is 0 Å². The number of rotatable bonds is 20. The Balaban J connectivity index is 0. The van der Waals surface area contributed by atoms with Crippen LogP contribution in [0, 0.1) is 0 Å². The fourth-order valence-corrected chi connectivity index (χ4v) is 3.35. The molecule has 0 amide bonds. The summed E-state index contributed by atoms with van der Waals surface area (Å²) in [4.78, 5) is 10.4. The summed E-state index contributed by atoms with van der Waals surface area (Å²) in [5.41, 5.74) is 4.40. The minimum Gasteiger partial charge on any atom is -0.481 e. The zero-order valence-electron chi connectivity index (χ0n) is 18.2. The Kier molecular flexibility index (Phi) is 29.2. The molecule has 0 aliphatic carbocycles. The fourth-order valence-electron chi connectivity index (χ4n) is 3.35. The van der Waals surface area contributed by atoms with E-state index >= 15 is 0 Å². The van der Waals surface area contributed by atoms with Crippen LogP contribution in [0.25, 0.3) is 0 Å². The molecule has 0 aliphatic rings. The number of unbranched alkanes of at least 4 members (excludes halogenated alkanes) is 18. The van der Waals surface area contributed by atoms with E-state index in [1.807, 2.05) is 0 Å². The highest BCUT2D eigenvalue weighted by Crippen LogP contribution is 2.14. The van der Waals surface area contributed by atoms with Crippen molar-refractivity contribution in [3.8, 4) is 0 Å². The van der Waals surface area contributed by atoms with Crippen LogP contribution in [0.5, 0.6) is 0 Å². The molecule has 0 heterocycles. The van der Waals surface area contributed by atoms with Crippen molar-refractivity contribution < 1.29 is 15.0 Å². The molecule has 0 rings (SSSR count). The van der Waals surface area contributed by atoms with Gasteiger partial charge in [0.25, 0.3) is 0 Å². The van der Waals surface area contributed by atoms with Gasteiger partial charge in [-0.3, -0.25) is 4.79 Å². The van der Waals surface area contributed by atoms with Crippen LogP contribution in [0.15, 0.2) is 0 Å². The largest absolute Gasteiger partial charge is 0.481 e. The molecule has 4 N–H and O–H groups in total. The Bertz CT molecular complexity index is 272. The first-order chi connectivity index (χ1) is 13.2. The number of hydrogen-bond donors (Lipinski definition) is 3. The highest BCUT2D eigenvalue weighted by molar-refractivity contribution is 5.66. The molecule has 4 heteroatoms. The molecule has 0 saturated carbocycles. The molecule has 164 valence electrons. The lowest BCUT2D eigenvalue weighted by Gasteiger charge is -2.03. The minimum absolute atomic E-state index is 0.250. The lowest BCUT2D eigenvalue weighted by molar-refractivity contribution is -0.137. The van der Waals surface area contributed by atoms with Gasteiger partial charge in [-0.1, -0.05) is 122 Å². The second-order valence-electron chi connectivity index (χ2n) is 7.69. The highest BCUT2D eigenvalue weighted by Gasteiger charge is 1.97. The Morgan fingerprint density at radius 3 is 1.04 bits per heavy atom. The molecule has 0 aromatic heterocycles. The maximum absolute atomic E-state index is 10.4. The number of carboxylic acids is 1. The van der Waals surface area contributed by atoms with E-state index in [0.29, 0.717) is 6.42 Å². The van der Waals surface area contributed by atoms with Crippen LogP contribution in [0.4, 0.5) is 0 Å². The maximum atomic E-state index is 10.4. The van der Waals surface area contributed by atoms with Gasteiger partial charge in [-0.25, -0.2) is 0 Å². The van der Waals surface area contributed by atoms with Crippen molar-refractivity contribution in [2.24, 2.45) is 5.73 Å². The van der Waals surface area contributed by atoms with E-state index < -0.39 is 5.97 Å². The number of aliphatic carboxylic acids is 1. The minimum atomic E-state index is -0.651. The molecule has 27 heavy (non-hydrogen) atoms. The zero-order chi connectivity index (χ0) is 20.4. The third-order valence-electron chi connectivity index (χ3n) is 4.99. The van der Waals surface area contributed by atoms with Crippen molar-refractivity contribution in [1.82, 2.24) is 0 Å². The molecular weight excluding hydrogens is 338 g/mol. The predicted octanol–water partition coefficient (Wildman–Crippen LogP) is 6.79. The summed E-state index contributed by atoms with van der Waals surface area (Å²) in [6.45, 7) is 2.03. The molecule has 0 aliphatic heterocycles. The molecule has 0 atom stereocenters. The second kappa shape index (κ2) is 27.6. The Hall–Kier alpha value is -0.610. The van der Waals surface area contributed by atoms with Crippen LogP contribution < -0.4 is 5.73 Å². The SMILES string of the molecule is CCCCCCCCCCCCCCCCCCCCCC(=O)O.NCO. The summed E-state index contributed by atoms with van der Waals surface area (Å²) in [7, 11) is 0. The van der Waals surface area contributed by atoms with Gasteiger partial charge in [0.05, 0.1) is 6.73 Å². The molecule has 0 aromatic rings. The predicted molar refractivity (Wildman–Crippen MR) is 117 cm³/mol. The van der Waals surface area contributed by atoms with Gasteiger partial charge in [-0.2, -0.15) is 0 Å². The lowest BCUT2D eigenvalue weighted by atomic mass is 10.0. The number of carbonyl (C=O) groups is 1. The summed E-state index contributed by atoms with van der Waals surface area (Å²) in [5, 5.41) is 15.9. The summed E-state index contributed by atoms with van der Waals surface area (Å²) in [6, 6.07) is 0. The van der Waals surface area contributed by atoms with Gasteiger partial charge >= 0.3 is 5.97 Å². The van der Waals surface area contributed by atoms with Crippen LogP contribution in [0.3, 0.4) is 0 Å². The number of aliphatic hydroxyl groups is 1. The number of carboxylic acid groups (broad SMARTS) is 1. The molecule has 0 aromatic carbocycles. The van der Waals surface area contributed by atoms with Crippen molar-refractivity contribution in [3.05, 3.63) is 0 Å². The van der Waals surface area contributed by atoms with E-state index in [4.69, 9.17) is 10.2 Å². The summed E-state index contributed by atoms with van der Waals surface area (Å²) in [5.74, 6) is -0.651. The number of aliphatic hydroxyl groups excluding tert-OH is 1. The van der Waals surface area contributed by atoms with Gasteiger partial charge in [0.15, 0.2) is 0 Å². The third-order valence-corrected chi connectivity index (χ3v) is 4.99. The van der Waals surface area contributed by atoms with E-state index in [0.717, 1.165) is 12.8 Å². The Labute approximate surface area is 169 Å². The van der Waals surface area contributed by atoms with Crippen molar-refractivity contribution >= 4 is 5.97 Å². The van der Waals surface area contributed by atoms with Gasteiger partial charge in [0, 0.05) is 6.42 Å². The average molecular weight is 388 g/mol. The molecule has 4 nitrogen and oxygen atoms in total. The monoisotopic (exact) mass is 387 g/mol. The normalized spacial score (nSPS) is 10.5. The van der Waals surface area contributed by atoms with Gasteiger partial charge in [-0.15, -0.1) is 0 Å². The fraction of sp³-hybridized carbons (Fsp3) is 0.957. The van der Waals surface area contributed by atoms with Gasteiger partial charge in [0.2, 0.25) is 0 Å². The number of hydrogen-bond acceptors (Lipinski definition) is 3. The molecule has 0 fully saturated rings. The van der Waals surface area contributed by atoms with Gasteiger partial charge < -0.3 is 15.9 Å². The molecule has 0 saturated heterocycles. The van der Waals surface area contributed by atoms with Crippen molar-refractivity contribution in [2.75, 3.05) is 6.73 Å². The first-order valence-corrected chi connectivity index (χ1v) is 11.7. The number of nitrogens with two attached hydrogens (primary N) is 1. The zero-order valence-corrected chi connectivity index (χ0v) is 18.2. The van der Waals surface area contributed by atoms with E-state index in [-0.39, 0.29) is 6.73 Å².